The van der Waals surface area contributed by atoms with Gasteiger partial charge in [-0.2, -0.15) is 0 Å². The fourth-order valence-electron chi connectivity index (χ4n) is 8.95. The van der Waals surface area contributed by atoms with Gasteiger partial charge in [0.25, 0.3) is 5.56 Å². The van der Waals surface area contributed by atoms with Crippen molar-refractivity contribution >= 4 is 22.6 Å². The molecule has 158 valence electrons. The molecule has 6 fully saturated rings. The quantitative estimate of drug-likeness (QED) is 0.667. The molecular formula is C25H30ClN3O. The number of fused-ring (bicyclic) bond motifs is 3. The minimum atomic E-state index is -0.106. The summed E-state index contributed by atoms with van der Waals surface area (Å²) in [5.41, 5.74) is 2.17. The summed E-state index contributed by atoms with van der Waals surface area (Å²) in [4.78, 5) is 20.5. The molecule has 3 heterocycles. The third-order valence-electron chi connectivity index (χ3n) is 9.53. The highest BCUT2D eigenvalue weighted by Gasteiger charge is 2.63. The SMILES string of the molecule is O=c1c(Cl)nc2ccccc2n1[C@H]1C[C@H]2CCC[C@@H](C1)N2[C@@]12C[C@@H]3CC1C[C@@H](C3)C2. The number of benzene rings is 1. The monoisotopic (exact) mass is 423 g/mol. The van der Waals surface area contributed by atoms with Crippen molar-refractivity contribution in [1.29, 1.82) is 0 Å². The van der Waals surface area contributed by atoms with E-state index < -0.39 is 0 Å². The highest BCUT2D eigenvalue weighted by atomic mass is 35.5. The van der Waals surface area contributed by atoms with E-state index in [1.165, 1.54) is 51.4 Å². The molecule has 0 radical (unpaired) electrons. The Kier molecular flexibility index (Phi) is 3.84. The summed E-state index contributed by atoms with van der Waals surface area (Å²) in [5, 5.41) is 0.117. The fourth-order valence-corrected chi connectivity index (χ4v) is 9.14. The molecule has 4 aliphatic carbocycles. The van der Waals surface area contributed by atoms with Crippen LogP contribution in [0.1, 0.15) is 70.3 Å². The molecule has 4 saturated carbocycles. The molecule has 1 unspecified atom stereocenters. The van der Waals surface area contributed by atoms with Crippen LogP contribution in [-0.4, -0.2) is 32.1 Å². The lowest BCUT2D eigenvalue weighted by Crippen LogP contribution is -2.63. The maximum Gasteiger partial charge on any atom is 0.288 e. The first-order valence-electron chi connectivity index (χ1n) is 12.1. The highest BCUT2D eigenvalue weighted by molar-refractivity contribution is 6.29. The zero-order valence-electron chi connectivity index (χ0n) is 17.5. The van der Waals surface area contributed by atoms with E-state index in [1.54, 1.807) is 0 Å². The van der Waals surface area contributed by atoms with Crippen LogP contribution in [0.3, 0.4) is 0 Å². The summed E-state index contributed by atoms with van der Waals surface area (Å²) in [5.74, 6) is 2.93. The first kappa shape index (κ1) is 18.2. The number of hydrogen-bond donors (Lipinski definition) is 0. The standard InChI is InChI=1S/C25H30ClN3O/c26-23-24(30)28(22-7-2-1-6-21(22)27-23)20-11-18-4-3-5-19(12-20)29(18)25-13-15-8-16(14-25)10-17(25)9-15/h1-2,6-7,15-20H,3-5,8-14H2/t15-,16+,17?,18-,19+,20+,25+. The second-order valence-electron chi connectivity index (χ2n) is 11.0. The summed E-state index contributed by atoms with van der Waals surface area (Å²) >= 11 is 6.30. The van der Waals surface area contributed by atoms with Gasteiger partial charge in [-0.1, -0.05) is 30.2 Å². The Morgan fingerprint density at radius 3 is 2.37 bits per heavy atom. The van der Waals surface area contributed by atoms with Crippen LogP contribution in [0.4, 0.5) is 0 Å². The van der Waals surface area contributed by atoms with Crippen LogP contribution in [0.2, 0.25) is 5.15 Å². The molecule has 4 nitrogen and oxygen atoms in total. The van der Waals surface area contributed by atoms with E-state index in [-0.39, 0.29) is 16.8 Å². The number of hydrogen-bond acceptors (Lipinski definition) is 3. The van der Waals surface area contributed by atoms with Crippen molar-refractivity contribution in [3.05, 3.63) is 39.8 Å². The number of piperidine rings is 2. The molecule has 2 saturated heterocycles. The predicted octanol–water partition coefficient (Wildman–Crippen LogP) is 5.19. The Morgan fingerprint density at radius 2 is 1.63 bits per heavy atom. The topological polar surface area (TPSA) is 38.1 Å². The molecule has 30 heavy (non-hydrogen) atoms. The third kappa shape index (κ3) is 2.38. The van der Waals surface area contributed by atoms with Crippen molar-refractivity contribution in [3.8, 4) is 0 Å². The number of para-hydroxylation sites is 2. The molecule has 0 N–H and O–H groups in total. The largest absolute Gasteiger partial charge is 0.301 e. The second kappa shape index (κ2) is 6.32. The van der Waals surface area contributed by atoms with E-state index in [4.69, 9.17) is 11.6 Å². The number of rotatable bonds is 2. The zero-order valence-corrected chi connectivity index (χ0v) is 18.2. The number of nitrogens with zero attached hydrogens (tertiary/aromatic N) is 3. The normalized spacial score (nSPS) is 42.3. The number of aromatic nitrogens is 2. The lowest BCUT2D eigenvalue weighted by atomic mass is 9.73. The Hall–Kier alpha value is -1.39. The lowest BCUT2D eigenvalue weighted by Gasteiger charge is -2.58. The van der Waals surface area contributed by atoms with Gasteiger partial charge in [-0.25, -0.2) is 4.98 Å². The molecule has 8 rings (SSSR count). The van der Waals surface area contributed by atoms with Crippen LogP contribution in [0, 0.1) is 17.8 Å². The Labute approximate surface area is 182 Å². The van der Waals surface area contributed by atoms with Crippen LogP contribution in [0.15, 0.2) is 29.1 Å². The Balaban J connectivity index is 1.29. The van der Waals surface area contributed by atoms with E-state index in [2.05, 4.69) is 9.88 Å². The van der Waals surface area contributed by atoms with Crippen molar-refractivity contribution in [3.63, 3.8) is 0 Å². The lowest BCUT2D eigenvalue weighted by molar-refractivity contribution is -0.0816. The summed E-state index contributed by atoms with van der Waals surface area (Å²) in [7, 11) is 0. The summed E-state index contributed by atoms with van der Waals surface area (Å²) < 4.78 is 2.00. The predicted molar refractivity (Wildman–Crippen MR) is 119 cm³/mol. The van der Waals surface area contributed by atoms with E-state index in [1.807, 2.05) is 28.8 Å². The number of halogens is 1. The van der Waals surface area contributed by atoms with Crippen molar-refractivity contribution < 1.29 is 0 Å². The van der Waals surface area contributed by atoms with E-state index >= 15 is 0 Å². The van der Waals surface area contributed by atoms with Crippen LogP contribution in [0.25, 0.3) is 11.0 Å². The molecule has 2 aromatic rings. The molecule has 0 amide bonds. The van der Waals surface area contributed by atoms with Crippen molar-refractivity contribution in [2.24, 2.45) is 17.8 Å². The first-order valence-corrected chi connectivity index (χ1v) is 12.5. The van der Waals surface area contributed by atoms with Gasteiger partial charge in [0.15, 0.2) is 5.15 Å². The van der Waals surface area contributed by atoms with Crippen LogP contribution in [0.5, 0.6) is 0 Å². The molecule has 1 aromatic heterocycles. The van der Waals surface area contributed by atoms with Crippen LogP contribution in [-0.2, 0) is 0 Å². The van der Waals surface area contributed by atoms with Gasteiger partial charge in [0.05, 0.1) is 11.0 Å². The van der Waals surface area contributed by atoms with Gasteiger partial charge in [-0.15, -0.1) is 0 Å². The Morgan fingerprint density at radius 1 is 0.933 bits per heavy atom. The van der Waals surface area contributed by atoms with Crippen molar-refractivity contribution in [2.75, 3.05) is 0 Å². The molecule has 0 spiro atoms. The van der Waals surface area contributed by atoms with Gasteiger partial charge in [-0.3, -0.25) is 9.69 Å². The average Bonchev–Trinajstić information content (AvgIpc) is 3.12. The van der Waals surface area contributed by atoms with Crippen LogP contribution >= 0.6 is 11.6 Å². The summed E-state index contributed by atoms with van der Waals surface area (Å²) in [6, 6.07) is 9.48. The maximum atomic E-state index is 13.1. The maximum absolute atomic E-state index is 13.1. The average molecular weight is 424 g/mol. The third-order valence-corrected chi connectivity index (χ3v) is 9.78. The molecule has 6 bridgehead atoms. The zero-order chi connectivity index (χ0) is 20.0. The van der Waals surface area contributed by atoms with E-state index in [0.29, 0.717) is 17.6 Å². The summed E-state index contributed by atoms with van der Waals surface area (Å²) in [6.07, 6.45) is 13.5. The minimum absolute atomic E-state index is 0.106. The molecule has 1 aromatic carbocycles. The fraction of sp³-hybridized carbons (Fsp3) is 0.680. The molecule has 6 aliphatic rings. The van der Waals surface area contributed by atoms with E-state index in [9.17, 15) is 4.79 Å². The van der Waals surface area contributed by atoms with Gasteiger partial charge in [0.2, 0.25) is 0 Å². The van der Waals surface area contributed by atoms with Crippen molar-refractivity contribution in [1.82, 2.24) is 14.5 Å². The Bertz CT molecular complexity index is 1050. The van der Waals surface area contributed by atoms with Gasteiger partial charge in [0, 0.05) is 23.7 Å². The minimum Gasteiger partial charge on any atom is -0.301 e. The summed E-state index contributed by atoms with van der Waals surface area (Å²) in [6.45, 7) is 0. The van der Waals surface area contributed by atoms with Gasteiger partial charge in [-0.05, 0) is 87.7 Å². The van der Waals surface area contributed by atoms with Crippen LogP contribution < -0.4 is 5.56 Å². The van der Waals surface area contributed by atoms with Gasteiger partial charge >= 0.3 is 0 Å². The smallest absolute Gasteiger partial charge is 0.288 e. The second-order valence-corrected chi connectivity index (χ2v) is 11.3. The van der Waals surface area contributed by atoms with Gasteiger partial charge in [0.1, 0.15) is 0 Å². The molecular weight excluding hydrogens is 394 g/mol. The molecule has 5 heteroatoms. The first-order chi connectivity index (χ1) is 14.6. The van der Waals surface area contributed by atoms with Gasteiger partial charge < -0.3 is 4.57 Å². The molecule has 2 aliphatic heterocycles. The highest BCUT2D eigenvalue weighted by Crippen LogP contribution is 2.65. The van der Waals surface area contributed by atoms with E-state index in [0.717, 1.165) is 41.6 Å². The van der Waals surface area contributed by atoms with Crippen molar-refractivity contribution in [2.45, 2.75) is 87.9 Å². The molecule has 7 atom stereocenters.